The number of rotatable bonds is 4. The van der Waals surface area contributed by atoms with Crippen LogP contribution in [0.25, 0.3) is 10.9 Å². The zero-order valence-corrected chi connectivity index (χ0v) is 14.2. The molecule has 1 aromatic heterocycles. The molecule has 1 atom stereocenters. The Kier molecular flexibility index (Phi) is 4.06. The van der Waals surface area contributed by atoms with Gasteiger partial charge in [-0.3, -0.25) is 4.79 Å². The molecule has 1 saturated heterocycles. The number of likely N-dealkylation sites (tertiary alicyclic amines) is 1. The maximum atomic E-state index is 12.7. The lowest BCUT2D eigenvalue weighted by Gasteiger charge is -2.26. The Hall–Kier alpha value is -1.85. The SMILES string of the molecule is CN1CCc2c(n(CC(O)CN3CCCC3)c3ccccc23)C1=O. The molecule has 128 valence electrons. The number of para-hydroxylation sites is 1. The summed E-state index contributed by atoms with van der Waals surface area (Å²) in [4.78, 5) is 16.8. The Morgan fingerprint density at radius 2 is 1.88 bits per heavy atom. The topological polar surface area (TPSA) is 48.7 Å². The molecule has 1 unspecified atom stereocenters. The predicted molar refractivity (Wildman–Crippen MR) is 94.3 cm³/mol. The Labute approximate surface area is 142 Å². The minimum Gasteiger partial charge on any atom is -0.390 e. The third-order valence-corrected chi connectivity index (χ3v) is 5.38. The number of nitrogens with zero attached hydrogens (tertiary/aromatic N) is 3. The van der Waals surface area contributed by atoms with Crippen LogP contribution in [-0.2, 0) is 13.0 Å². The van der Waals surface area contributed by atoms with Crippen LogP contribution in [0.5, 0.6) is 0 Å². The molecular formula is C19H25N3O2. The fourth-order valence-electron chi connectivity index (χ4n) is 4.16. The monoisotopic (exact) mass is 327 g/mol. The average molecular weight is 327 g/mol. The number of aromatic nitrogens is 1. The zero-order chi connectivity index (χ0) is 16.7. The van der Waals surface area contributed by atoms with Gasteiger partial charge in [0.25, 0.3) is 5.91 Å². The lowest BCUT2D eigenvalue weighted by molar-refractivity contribution is 0.0757. The van der Waals surface area contributed by atoms with E-state index in [0.717, 1.165) is 48.2 Å². The van der Waals surface area contributed by atoms with Gasteiger partial charge in [-0.2, -0.15) is 0 Å². The molecule has 0 bridgehead atoms. The van der Waals surface area contributed by atoms with E-state index in [4.69, 9.17) is 0 Å². The van der Waals surface area contributed by atoms with E-state index in [-0.39, 0.29) is 5.91 Å². The minimum atomic E-state index is -0.456. The molecule has 2 aromatic rings. The standard InChI is InChI=1S/C19H25N3O2/c1-20-11-8-16-15-6-2-3-7-17(15)22(18(16)19(20)24)13-14(23)12-21-9-4-5-10-21/h2-3,6-7,14,23H,4-5,8-13H2,1H3. The highest BCUT2D eigenvalue weighted by Gasteiger charge is 2.29. The largest absolute Gasteiger partial charge is 0.390 e. The third-order valence-electron chi connectivity index (χ3n) is 5.38. The first-order chi connectivity index (χ1) is 11.6. The maximum absolute atomic E-state index is 12.7. The van der Waals surface area contributed by atoms with Crippen LogP contribution in [0.1, 0.15) is 28.9 Å². The number of β-amino-alcohol motifs (C(OH)–C–C–N with tert-alkyl or cyclic N) is 1. The molecular weight excluding hydrogens is 302 g/mol. The molecule has 0 spiro atoms. The summed E-state index contributed by atoms with van der Waals surface area (Å²) in [5.74, 6) is 0.0702. The highest BCUT2D eigenvalue weighted by atomic mass is 16.3. The molecule has 2 aliphatic rings. The lowest BCUT2D eigenvalue weighted by Crippen LogP contribution is -2.37. The number of hydrogen-bond donors (Lipinski definition) is 1. The van der Waals surface area contributed by atoms with E-state index in [2.05, 4.69) is 17.0 Å². The predicted octanol–water partition coefficient (Wildman–Crippen LogP) is 1.73. The smallest absolute Gasteiger partial charge is 0.270 e. The van der Waals surface area contributed by atoms with Crippen molar-refractivity contribution in [2.24, 2.45) is 0 Å². The number of aliphatic hydroxyl groups excluding tert-OH is 1. The van der Waals surface area contributed by atoms with Crippen molar-refractivity contribution in [2.45, 2.75) is 31.9 Å². The summed E-state index contributed by atoms with van der Waals surface area (Å²) in [6.45, 7) is 4.07. The second-order valence-electron chi connectivity index (χ2n) is 7.09. The number of aliphatic hydroxyl groups is 1. The number of amides is 1. The van der Waals surface area contributed by atoms with Crippen LogP contribution in [0.15, 0.2) is 24.3 Å². The first-order valence-corrected chi connectivity index (χ1v) is 8.91. The molecule has 1 fully saturated rings. The van der Waals surface area contributed by atoms with Gasteiger partial charge in [0.05, 0.1) is 12.6 Å². The first-order valence-electron chi connectivity index (χ1n) is 8.91. The van der Waals surface area contributed by atoms with Gasteiger partial charge in [0.15, 0.2) is 0 Å². The summed E-state index contributed by atoms with van der Waals surface area (Å²) < 4.78 is 2.05. The summed E-state index contributed by atoms with van der Waals surface area (Å²) in [6, 6.07) is 8.18. The van der Waals surface area contributed by atoms with Gasteiger partial charge in [-0.15, -0.1) is 0 Å². The Bertz CT molecular complexity index is 761. The van der Waals surface area contributed by atoms with E-state index < -0.39 is 6.10 Å². The Morgan fingerprint density at radius 1 is 1.12 bits per heavy atom. The molecule has 1 aromatic carbocycles. The fourth-order valence-corrected chi connectivity index (χ4v) is 4.16. The van der Waals surface area contributed by atoms with Gasteiger partial charge in [0, 0.05) is 31.0 Å². The molecule has 24 heavy (non-hydrogen) atoms. The molecule has 3 heterocycles. The van der Waals surface area contributed by atoms with Crippen LogP contribution >= 0.6 is 0 Å². The van der Waals surface area contributed by atoms with Crippen LogP contribution in [0.3, 0.4) is 0 Å². The number of fused-ring (bicyclic) bond motifs is 3. The number of carbonyl (C=O) groups excluding carboxylic acids is 1. The van der Waals surface area contributed by atoms with E-state index in [9.17, 15) is 9.90 Å². The van der Waals surface area contributed by atoms with Gasteiger partial charge in [-0.1, -0.05) is 18.2 Å². The van der Waals surface area contributed by atoms with Crippen molar-refractivity contribution < 1.29 is 9.90 Å². The van der Waals surface area contributed by atoms with Crippen molar-refractivity contribution in [1.29, 1.82) is 0 Å². The lowest BCUT2D eigenvalue weighted by atomic mass is 10.0. The molecule has 4 rings (SSSR count). The zero-order valence-electron chi connectivity index (χ0n) is 14.2. The summed E-state index contributed by atoms with van der Waals surface area (Å²) >= 11 is 0. The molecule has 2 aliphatic heterocycles. The fraction of sp³-hybridized carbons (Fsp3) is 0.526. The molecule has 5 heteroatoms. The number of likely N-dealkylation sites (N-methyl/N-ethyl adjacent to an activating group) is 1. The van der Waals surface area contributed by atoms with Crippen LogP contribution in [-0.4, -0.2) is 64.7 Å². The van der Waals surface area contributed by atoms with E-state index in [1.807, 2.05) is 23.7 Å². The van der Waals surface area contributed by atoms with E-state index in [0.29, 0.717) is 13.1 Å². The van der Waals surface area contributed by atoms with Crippen LogP contribution in [0, 0.1) is 0 Å². The minimum absolute atomic E-state index is 0.0702. The van der Waals surface area contributed by atoms with Gasteiger partial charge < -0.3 is 19.5 Å². The highest BCUT2D eigenvalue weighted by Crippen LogP contribution is 2.30. The van der Waals surface area contributed by atoms with Crippen molar-refractivity contribution in [3.8, 4) is 0 Å². The molecule has 0 saturated carbocycles. The number of carbonyl (C=O) groups is 1. The summed E-state index contributed by atoms with van der Waals surface area (Å²) in [5, 5.41) is 11.8. The van der Waals surface area contributed by atoms with Crippen molar-refractivity contribution in [3.05, 3.63) is 35.5 Å². The normalized spacial score (nSPS) is 19.9. The third kappa shape index (κ3) is 2.62. The second-order valence-corrected chi connectivity index (χ2v) is 7.09. The average Bonchev–Trinajstić information content (AvgIpc) is 3.18. The van der Waals surface area contributed by atoms with Crippen LogP contribution < -0.4 is 0 Å². The van der Waals surface area contributed by atoms with Gasteiger partial charge in [0.1, 0.15) is 5.69 Å². The number of benzene rings is 1. The Balaban J connectivity index is 1.70. The van der Waals surface area contributed by atoms with Crippen LogP contribution in [0.4, 0.5) is 0 Å². The second kappa shape index (κ2) is 6.22. The summed E-state index contributed by atoms with van der Waals surface area (Å²) in [5.41, 5.74) is 2.97. The van der Waals surface area contributed by atoms with Crippen molar-refractivity contribution in [1.82, 2.24) is 14.4 Å². The Morgan fingerprint density at radius 3 is 2.67 bits per heavy atom. The van der Waals surface area contributed by atoms with E-state index in [1.54, 1.807) is 4.90 Å². The van der Waals surface area contributed by atoms with Crippen LogP contribution in [0.2, 0.25) is 0 Å². The van der Waals surface area contributed by atoms with Crippen molar-refractivity contribution in [3.63, 3.8) is 0 Å². The maximum Gasteiger partial charge on any atom is 0.270 e. The summed E-state index contributed by atoms with van der Waals surface area (Å²) in [7, 11) is 1.86. The van der Waals surface area contributed by atoms with Crippen molar-refractivity contribution >= 4 is 16.8 Å². The molecule has 5 nitrogen and oxygen atoms in total. The quantitative estimate of drug-likeness (QED) is 0.930. The van der Waals surface area contributed by atoms with Gasteiger partial charge in [0.2, 0.25) is 0 Å². The van der Waals surface area contributed by atoms with Gasteiger partial charge in [-0.05, 0) is 44.0 Å². The molecule has 0 aliphatic carbocycles. The van der Waals surface area contributed by atoms with E-state index >= 15 is 0 Å². The van der Waals surface area contributed by atoms with Gasteiger partial charge >= 0.3 is 0 Å². The molecule has 1 N–H and O–H groups in total. The summed E-state index contributed by atoms with van der Waals surface area (Å²) in [6.07, 6.45) is 2.87. The number of hydrogen-bond acceptors (Lipinski definition) is 3. The van der Waals surface area contributed by atoms with Crippen molar-refractivity contribution in [2.75, 3.05) is 33.2 Å². The van der Waals surface area contributed by atoms with E-state index in [1.165, 1.54) is 12.8 Å². The first kappa shape index (κ1) is 15.7. The molecule has 0 radical (unpaired) electrons. The van der Waals surface area contributed by atoms with Gasteiger partial charge in [-0.25, -0.2) is 0 Å². The molecule has 1 amide bonds. The highest BCUT2D eigenvalue weighted by molar-refractivity contribution is 6.02.